The summed E-state index contributed by atoms with van der Waals surface area (Å²) in [7, 11) is 1.84. The summed E-state index contributed by atoms with van der Waals surface area (Å²) in [5.74, 6) is -2.10. The number of aryl methyl sites for hydroxylation is 2. The van der Waals surface area contributed by atoms with Crippen molar-refractivity contribution >= 4 is 29.2 Å². The van der Waals surface area contributed by atoms with Crippen molar-refractivity contribution in [3.8, 4) is 22.8 Å². The van der Waals surface area contributed by atoms with Crippen LogP contribution >= 0.6 is 11.3 Å². The number of carbonyl (C=O) groups excluding carboxylic acids is 1. The molecular formula is C33H34N8O6S. The zero-order valence-electron chi connectivity index (χ0n) is 26.5. The summed E-state index contributed by atoms with van der Waals surface area (Å²) in [5, 5.41) is 31.5. The van der Waals surface area contributed by atoms with Crippen LogP contribution in [0.5, 0.6) is 0 Å². The lowest BCUT2D eigenvalue weighted by Crippen LogP contribution is -2.35. The molecule has 0 aliphatic carbocycles. The first-order chi connectivity index (χ1) is 22.9. The fraction of sp³-hybridized carbons (Fsp3) is 0.273. The van der Waals surface area contributed by atoms with E-state index >= 15 is 0 Å². The van der Waals surface area contributed by atoms with Crippen LogP contribution in [0.2, 0.25) is 0 Å². The molecule has 0 radical (unpaired) electrons. The number of likely N-dealkylation sites (tertiary alicyclic amines) is 1. The predicted octanol–water partition coefficient (Wildman–Crippen LogP) is 4.40. The van der Waals surface area contributed by atoms with Crippen LogP contribution in [0.3, 0.4) is 0 Å². The smallest absolute Gasteiger partial charge is 0.328 e. The summed E-state index contributed by atoms with van der Waals surface area (Å²) in [4.78, 5) is 44.4. The Kier molecular flexibility index (Phi) is 10.2. The number of thiazole rings is 1. The monoisotopic (exact) mass is 670 g/mol. The van der Waals surface area contributed by atoms with Gasteiger partial charge >= 0.3 is 11.9 Å². The number of aliphatic carboxylic acids is 2. The Morgan fingerprint density at radius 3 is 2.42 bits per heavy atom. The Labute approximate surface area is 279 Å². The number of nitrogens with zero attached hydrogens (tertiary/aromatic N) is 7. The number of pyridine rings is 1. The summed E-state index contributed by atoms with van der Waals surface area (Å²) < 4.78 is 7.79. The minimum atomic E-state index is -1.26. The van der Waals surface area contributed by atoms with Gasteiger partial charge in [-0.1, -0.05) is 30.3 Å². The Balaban J connectivity index is 0.000000503. The van der Waals surface area contributed by atoms with E-state index in [1.54, 1.807) is 34.3 Å². The first-order valence-electron chi connectivity index (χ1n) is 14.9. The van der Waals surface area contributed by atoms with Crippen molar-refractivity contribution in [1.29, 1.82) is 0 Å². The van der Waals surface area contributed by atoms with Gasteiger partial charge in [-0.05, 0) is 50.8 Å². The van der Waals surface area contributed by atoms with Gasteiger partial charge < -0.3 is 25.3 Å². The van der Waals surface area contributed by atoms with E-state index in [0.717, 1.165) is 34.7 Å². The molecule has 15 heteroatoms. The first kappa shape index (κ1) is 33.8. The van der Waals surface area contributed by atoms with Crippen molar-refractivity contribution in [3.05, 3.63) is 100 Å². The molecule has 1 amide bonds. The third-order valence-electron chi connectivity index (χ3n) is 7.42. The highest BCUT2D eigenvalue weighted by atomic mass is 32.1. The van der Waals surface area contributed by atoms with E-state index in [1.165, 1.54) is 0 Å². The van der Waals surface area contributed by atoms with Crippen molar-refractivity contribution in [2.45, 2.75) is 44.7 Å². The molecule has 14 nitrogen and oxygen atoms in total. The molecule has 4 N–H and O–H groups in total. The van der Waals surface area contributed by atoms with Gasteiger partial charge in [0.2, 0.25) is 5.89 Å². The van der Waals surface area contributed by atoms with Crippen molar-refractivity contribution in [1.82, 2.24) is 34.8 Å². The van der Waals surface area contributed by atoms with Gasteiger partial charge in [0.15, 0.2) is 0 Å². The van der Waals surface area contributed by atoms with Crippen molar-refractivity contribution in [2.24, 2.45) is 12.8 Å². The number of carboxylic acid groups (broad SMARTS) is 2. The molecule has 1 aliphatic heterocycles. The second kappa shape index (κ2) is 14.5. The normalized spacial score (nSPS) is 15.6. The Bertz CT molecular complexity index is 1930. The number of amides is 1. The van der Waals surface area contributed by atoms with Gasteiger partial charge in [-0.2, -0.15) is 5.10 Å². The van der Waals surface area contributed by atoms with Crippen LogP contribution in [0, 0.1) is 6.92 Å². The van der Waals surface area contributed by atoms with Crippen LogP contribution in [-0.2, 0) is 28.6 Å². The predicted molar refractivity (Wildman–Crippen MR) is 176 cm³/mol. The van der Waals surface area contributed by atoms with Crippen LogP contribution in [0.25, 0.3) is 22.8 Å². The number of hydrogen-bond donors (Lipinski definition) is 3. The number of rotatable bonds is 9. The summed E-state index contributed by atoms with van der Waals surface area (Å²) >= 11 is 1.60. The number of carboxylic acids is 2. The van der Waals surface area contributed by atoms with Crippen LogP contribution in [0.1, 0.15) is 58.3 Å². The SMILES string of the molecule is Cc1csc(C2CCCN2C(=O)c2cc(-c3cnn(C)c3)nc(-c3nnc(C(C)(N)Cc4ccccc4)o3)c2)n1.O=C(O)C=CC(=O)O. The molecule has 5 aromatic rings. The highest BCUT2D eigenvalue weighted by molar-refractivity contribution is 7.09. The molecule has 4 aromatic heterocycles. The molecule has 2 atom stereocenters. The molecule has 2 unspecified atom stereocenters. The Hall–Kier alpha value is -5.54. The van der Waals surface area contributed by atoms with Crippen molar-refractivity contribution < 1.29 is 29.0 Å². The maximum Gasteiger partial charge on any atom is 0.328 e. The zero-order chi connectivity index (χ0) is 34.4. The average Bonchev–Trinajstić information content (AvgIpc) is 3.88. The minimum absolute atomic E-state index is 0.0457. The third kappa shape index (κ3) is 8.24. The first-order valence-corrected chi connectivity index (χ1v) is 15.8. The summed E-state index contributed by atoms with van der Waals surface area (Å²) in [5.41, 5.74) is 10.0. The number of hydrogen-bond acceptors (Lipinski definition) is 11. The van der Waals surface area contributed by atoms with Gasteiger partial charge in [-0.3, -0.25) is 9.48 Å². The number of aromatic nitrogens is 6. The van der Waals surface area contributed by atoms with E-state index in [1.807, 2.05) is 67.7 Å². The molecule has 0 saturated carbocycles. The van der Waals surface area contributed by atoms with Crippen LogP contribution < -0.4 is 5.73 Å². The van der Waals surface area contributed by atoms with Gasteiger partial charge in [-0.25, -0.2) is 19.6 Å². The lowest BCUT2D eigenvalue weighted by Gasteiger charge is -2.23. The highest BCUT2D eigenvalue weighted by Gasteiger charge is 2.34. The van der Waals surface area contributed by atoms with Crippen LogP contribution in [0.15, 0.2) is 76.8 Å². The third-order valence-corrected chi connectivity index (χ3v) is 8.49. The fourth-order valence-electron chi connectivity index (χ4n) is 5.22. The Morgan fingerprint density at radius 2 is 1.79 bits per heavy atom. The van der Waals surface area contributed by atoms with E-state index < -0.39 is 17.5 Å². The average molecular weight is 671 g/mol. The maximum absolute atomic E-state index is 13.9. The summed E-state index contributed by atoms with van der Waals surface area (Å²) in [6.45, 7) is 4.50. The standard InChI is InChI=1S/C29H30N8O2S.C4H4O4/c1-18-17-40-26(32-18)24-10-7-11-37(24)27(38)20-12-22(21-15-31-36(3)16-21)33-23(13-20)25-34-35-28(39-25)29(2,30)14-19-8-5-4-6-9-19;5-3(6)1-2-4(7)8/h4-6,8-9,12-13,15-17,24H,7,10-11,14,30H2,1-3H3;1-2H,(H,5,6)(H,7,8). The molecule has 5 heterocycles. The van der Waals surface area contributed by atoms with Crippen molar-refractivity contribution in [3.63, 3.8) is 0 Å². The lowest BCUT2D eigenvalue weighted by atomic mass is 9.94. The second-order valence-corrected chi connectivity index (χ2v) is 12.4. The molecule has 1 saturated heterocycles. The minimum Gasteiger partial charge on any atom is -0.478 e. The highest BCUT2D eigenvalue weighted by Crippen LogP contribution is 2.36. The molecule has 1 aliphatic rings. The van der Waals surface area contributed by atoms with Crippen LogP contribution in [-0.4, -0.2) is 69.4 Å². The maximum atomic E-state index is 13.9. The number of carbonyl (C=O) groups is 3. The molecule has 248 valence electrons. The van der Waals surface area contributed by atoms with Gasteiger partial charge in [-0.15, -0.1) is 21.5 Å². The molecule has 0 bridgehead atoms. The topological polar surface area (TPSA) is 203 Å². The van der Waals surface area contributed by atoms with E-state index in [0.29, 0.717) is 48.0 Å². The summed E-state index contributed by atoms with van der Waals surface area (Å²) in [6, 6.07) is 13.4. The van der Waals surface area contributed by atoms with Gasteiger partial charge in [0.25, 0.3) is 11.8 Å². The van der Waals surface area contributed by atoms with Crippen LogP contribution in [0.4, 0.5) is 0 Å². The largest absolute Gasteiger partial charge is 0.478 e. The number of benzene rings is 1. The van der Waals surface area contributed by atoms with Gasteiger partial charge in [0, 0.05) is 54.1 Å². The second-order valence-electron chi connectivity index (χ2n) is 11.5. The fourth-order valence-corrected chi connectivity index (χ4v) is 6.16. The van der Waals surface area contributed by atoms with E-state index in [4.69, 9.17) is 25.3 Å². The molecular weight excluding hydrogens is 636 g/mol. The van der Waals surface area contributed by atoms with Crippen molar-refractivity contribution in [2.75, 3.05) is 6.54 Å². The molecule has 1 aromatic carbocycles. The lowest BCUT2D eigenvalue weighted by molar-refractivity contribution is -0.134. The summed E-state index contributed by atoms with van der Waals surface area (Å²) in [6.07, 6.45) is 7.02. The molecule has 48 heavy (non-hydrogen) atoms. The van der Waals surface area contributed by atoms with Gasteiger partial charge in [0.1, 0.15) is 10.7 Å². The molecule has 6 rings (SSSR count). The van der Waals surface area contributed by atoms with E-state index in [-0.39, 0.29) is 17.8 Å². The molecule has 0 spiro atoms. The Morgan fingerprint density at radius 1 is 1.08 bits per heavy atom. The zero-order valence-corrected chi connectivity index (χ0v) is 27.3. The number of nitrogens with two attached hydrogens (primary N) is 1. The quantitative estimate of drug-likeness (QED) is 0.187. The van der Waals surface area contributed by atoms with E-state index in [2.05, 4.69) is 20.3 Å². The van der Waals surface area contributed by atoms with E-state index in [9.17, 15) is 14.4 Å². The van der Waals surface area contributed by atoms with Gasteiger partial charge in [0.05, 0.1) is 23.5 Å². The molecule has 1 fully saturated rings.